The number of aromatic nitrogens is 4. The maximum Gasteiger partial charge on any atom is 0.324 e. The van der Waals surface area contributed by atoms with Gasteiger partial charge < -0.3 is 24.1 Å². The van der Waals surface area contributed by atoms with E-state index >= 15 is 0 Å². The molecule has 5 unspecified atom stereocenters. The summed E-state index contributed by atoms with van der Waals surface area (Å²) in [5, 5.41) is 3.05. The first-order valence-corrected chi connectivity index (χ1v) is 9.99. The van der Waals surface area contributed by atoms with Crippen LogP contribution in [-0.4, -0.2) is 71.0 Å². The molecule has 2 aromatic heterocycles. The zero-order valence-corrected chi connectivity index (χ0v) is 14.6. The smallest absolute Gasteiger partial charge is 0.324 e. The highest BCUT2D eigenvalue weighted by molar-refractivity contribution is 7.55. The second-order valence-corrected chi connectivity index (χ2v) is 8.07. The molecule has 0 amide bonds. The van der Waals surface area contributed by atoms with E-state index in [1.807, 2.05) is 7.05 Å². The van der Waals surface area contributed by atoms with Crippen molar-refractivity contribution in [2.24, 2.45) is 0 Å². The normalized spacial score (nSPS) is 30.8. The van der Waals surface area contributed by atoms with E-state index in [9.17, 15) is 0 Å². The van der Waals surface area contributed by atoms with Gasteiger partial charge in [0.1, 0.15) is 32.2 Å². The van der Waals surface area contributed by atoms with E-state index in [-0.39, 0.29) is 24.3 Å². The molecule has 4 rings (SSSR count). The summed E-state index contributed by atoms with van der Waals surface area (Å²) in [6.45, 7) is 3.22. The lowest BCUT2D eigenvalue weighted by atomic mass is 10.0. The molecule has 0 spiro atoms. The molecular formula is C15H21N5O3P+. The van der Waals surface area contributed by atoms with Gasteiger partial charge in [-0.1, -0.05) is 0 Å². The molecule has 2 saturated heterocycles. The first kappa shape index (κ1) is 15.9. The van der Waals surface area contributed by atoms with Crippen molar-refractivity contribution >= 4 is 30.8 Å². The van der Waals surface area contributed by atoms with E-state index in [1.165, 1.54) is 0 Å². The van der Waals surface area contributed by atoms with Gasteiger partial charge >= 0.3 is 6.03 Å². The van der Waals surface area contributed by atoms with E-state index < -0.39 is 7.55 Å². The van der Waals surface area contributed by atoms with Gasteiger partial charge in [0.2, 0.25) is 0 Å². The number of rotatable bonds is 3. The van der Waals surface area contributed by atoms with Crippen molar-refractivity contribution in [1.29, 1.82) is 0 Å². The lowest BCUT2D eigenvalue weighted by Crippen LogP contribution is -2.49. The van der Waals surface area contributed by atoms with E-state index in [0.717, 1.165) is 23.4 Å². The molecule has 5 atom stereocenters. The molecule has 0 saturated carbocycles. The van der Waals surface area contributed by atoms with Gasteiger partial charge in [-0.2, -0.15) is 0 Å². The molecule has 2 aliphatic heterocycles. The van der Waals surface area contributed by atoms with Crippen LogP contribution in [0.15, 0.2) is 12.7 Å². The summed E-state index contributed by atoms with van der Waals surface area (Å²) < 4.78 is 19.8. The van der Waals surface area contributed by atoms with Gasteiger partial charge in [0.05, 0.1) is 38.0 Å². The van der Waals surface area contributed by atoms with E-state index in [4.69, 9.17) is 14.2 Å². The van der Waals surface area contributed by atoms with Crippen LogP contribution in [0.2, 0.25) is 0 Å². The Morgan fingerprint density at radius 1 is 1.25 bits per heavy atom. The summed E-state index contributed by atoms with van der Waals surface area (Å²) in [4.78, 5) is 13.1. The molecule has 128 valence electrons. The monoisotopic (exact) mass is 350 g/mol. The summed E-state index contributed by atoms with van der Waals surface area (Å²) in [5.74, 6) is 0.726. The minimum Gasteiger partial charge on any atom is -0.371 e. The van der Waals surface area contributed by atoms with Crippen LogP contribution in [0.5, 0.6) is 0 Å². The molecular weight excluding hydrogens is 329 g/mol. The van der Waals surface area contributed by atoms with Crippen LogP contribution in [0, 0.1) is 0 Å². The van der Waals surface area contributed by atoms with E-state index in [0.29, 0.717) is 13.2 Å². The maximum absolute atomic E-state index is 6.08. The first-order valence-electron chi connectivity index (χ1n) is 7.94. The number of anilines is 1. The fourth-order valence-electron chi connectivity index (χ4n) is 3.22. The van der Waals surface area contributed by atoms with Gasteiger partial charge in [0.15, 0.2) is 11.5 Å². The van der Waals surface area contributed by atoms with Crippen molar-refractivity contribution in [2.45, 2.75) is 30.7 Å². The molecule has 2 aliphatic rings. The highest BCUT2D eigenvalue weighted by atomic mass is 31.1. The Labute approximate surface area is 140 Å². The SMILES string of the molecule is C=[P+](C)C1OCC2OCC(n3cnc4c(NC)ncnc43)CC2O1. The Hall–Kier alpha value is -1.60. The quantitative estimate of drug-likeness (QED) is 0.839. The number of ether oxygens (including phenoxy) is 3. The minimum absolute atomic E-state index is 0.00951. The number of hydrogen-bond acceptors (Lipinski definition) is 7. The van der Waals surface area contributed by atoms with Crippen molar-refractivity contribution < 1.29 is 14.2 Å². The Morgan fingerprint density at radius 2 is 2.12 bits per heavy atom. The molecule has 2 aromatic rings. The van der Waals surface area contributed by atoms with Gasteiger partial charge in [-0.05, 0) is 6.42 Å². The molecule has 24 heavy (non-hydrogen) atoms. The largest absolute Gasteiger partial charge is 0.371 e. The predicted octanol–water partition coefficient (Wildman–Crippen LogP) is 1.44. The average molecular weight is 350 g/mol. The van der Waals surface area contributed by atoms with Gasteiger partial charge in [0, 0.05) is 7.05 Å². The summed E-state index contributed by atoms with van der Waals surface area (Å²) in [6.07, 6.45) is 8.26. The number of imidazole rings is 1. The summed E-state index contributed by atoms with van der Waals surface area (Å²) in [5.41, 5.74) is 1.57. The number of hydrogen-bond donors (Lipinski definition) is 1. The lowest BCUT2D eigenvalue weighted by Gasteiger charge is -2.40. The molecule has 9 heteroatoms. The number of nitrogens with one attached hydrogen (secondary N) is 1. The Bertz CT molecular complexity index is 767. The average Bonchev–Trinajstić information content (AvgIpc) is 3.04. The van der Waals surface area contributed by atoms with Gasteiger partial charge in [-0.3, -0.25) is 0 Å². The molecule has 0 radical (unpaired) electrons. The van der Waals surface area contributed by atoms with Crippen LogP contribution in [0.25, 0.3) is 11.2 Å². The third kappa shape index (κ3) is 2.69. The van der Waals surface area contributed by atoms with Crippen LogP contribution >= 0.6 is 7.55 Å². The summed E-state index contributed by atoms with van der Waals surface area (Å²) in [6, 6.07) is -0.0798. The summed E-state index contributed by atoms with van der Waals surface area (Å²) in [7, 11) is 1.28. The lowest BCUT2D eigenvalue weighted by molar-refractivity contribution is -0.247. The van der Waals surface area contributed by atoms with Gasteiger partial charge in [-0.25, -0.2) is 15.0 Å². The fraction of sp³-hybridized carbons (Fsp3) is 0.600. The molecule has 0 aliphatic carbocycles. The van der Waals surface area contributed by atoms with Crippen LogP contribution in [0.1, 0.15) is 12.5 Å². The molecule has 0 bridgehead atoms. The van der Waals surface area contributed by atoms with Crippen molar-refractivity contribution in [2.75, 3.05) is 32.2 Å². The minimum atomic E-state index is -0.543. The van der Waals surface area contributed by atoms with E-state index in [2.05, 4.69) is 37.8 Å². The molecule has 0 aromatic carbocycles. The zero-order chi connectivity index (χ0) is 16.7. The standard InChI is InChI=1S/C15H21N5O3P/c1-16-13-12-14(18-7-17-13)20(8-19-12)9-4-10-11(21-5-9)6-22-15(23-10)24(2)3/h7-11,15H,2,4-6H2,1,3H3,(H,16,17,18)/q+1. The van der Waals surface area contributed by atoms with Crippen molar-refractivity contribution in [3.8, 4) is 0 Å². The number of nitrogens with zero attached hydrogens (tertiary/aromatic N) is 4. The first-order chi connectivity index (χ1) is 11.7. The summed E-state index contributed by atoms with van der Waals surface area (Å²) >= 11 is 0. The zero-order valence-electron chi connectivity index (χ0n) is 13.8. The highest BCUT2D eigenvalue weighted by Crippen LogP contribution is 2.37. The Morgan fingerprint density at radius 3 is 2.92 bits per heavy atom. The third-order valence-corrected chi connectivity index (χ3v) is 5.46. The topological polar surface area (TPSA) is 83.3 Å². The van der Waals surface area contributed by atoms with Gasteiger partial charge in [0.25, 0.3) is 0 Å². The van der Waals surface area contributed by atoms with E-state index in [1.54, 1.807) is 12.7 Å². The van der Waals surface area contributed by atoms with Crippen LogP contribution < -0.4 is 5.32 Å². The van der Waals surface area contributed by atoms with Crippen LogP contribution in [0.4, 0.5) is 5.82 Å². The van der Waals surface area contributed by atoms with Gasteiger partial charge in [-0.15, -0.1) is 0 Å². The predicted molar refractivity (Wildman–Crippen MR) is 92.8 cm³/mol. The molecule has 2 fully saturated rings. The second-order valence-electron chi connectivity index (χ2n) is 6.13. The highest BCUT2D eigenvalue weighted by Gasteiger charge is 2.42. The molecule has 8 nitrogen and oxygen atoms in total. The Balaban J connectivity index is 1.58. The maximum atomic E-state index is 6.08. The van der Waals surface area contributed by atoms with Crippen LogP contribution in [-0.2, 0) is 14.2 Å². The molecule has 1 N–H and O–H groups in total. The molecule has 4 heterocycles. The third-order valence-electron chi connectivity index (χ3n) is 4.46. The second kappa shape index (κ2) is 6.37. The van der Waals surface area contributed by atoms with Crippen molar-refractivity contribution in [3.63, 3.8) is 0 Å². The van der Waals surface area contributed by atoms with Crippen molar-refractivity contribution in [1.82, 2.24) is 19.5 Å². The van der Waals surface area contributed by atoms with Crippen molar-refractivity contribution in [3.05, 3.63) is 12.7 Å². The van der Waals surface area contributed by atoms with Crippen LogP contribution in [0.3, 0.4) is 0 Å². The Kier molecular flexibility index (Phi) is 4.22. The fourth-order valence-corrected chi connectivity index (χ4v) is 3.93. The number of fused-ring (bicyclic) bond motifs is 2.